The van der Waals surface area contributed by atoms with E-state index in [1.165, 1.54) is 12.1 Å². The third kappa shape index (κ3) is 3.59. The van der Waals surface area contributed by atoms with Gasteiger partial charge in [0.2, 0.25) is 0 Å². The molecular formula is C20H16F3N. The average molecular weight is 327 g/mol. The maximum absolute atomic E-state index is 13.3. The van der Waals surface area contributed by atoms with Gasteiger partial charge in [-0.05, 0) is 23.3 Å². The van der Waals surface area contributed by atoms with E-state index < -0.39 is 11.7 Å². The van der Waals surface area contributed by atoms with E-state index in [2.05, 4.69) is 5.32 Å². The monoisotopic (exact) mass is 327 g/mol. The Morgan fingerprint density at radius 1 is 0.625 bits per heavy atom. The van der Waals surface area contributed by atoms with Crippen molar-refractivity contribution in [3.8, 4) is 0 Å². The molecule has 1 nitrogen and oxygen atoms in total. The number of hydrogen-bond acceptors (Lipinski definition) is 1. The molecular weight excluding hydrogens is 311 g/mol. The Morgan fingerprint density at radius 2 is 1.08 bits per heavy atom. The van der Waals surface area contributed by atoms with E-state index in [9.17, 15) is 13.2 Å². The third-order valence-electron chi connectivity index (χ3n) is 3.80. The van der Waals surface area contributed by atoms with Crippen molar-refractivity contribution in [3.05, 3.63) is 102 Å². The van der Waals surface area contributed by atoms with Gasteiger partial charge in [0.05, 0.1) is 11.6 Å². The van der Waals surface area contributed by atoms with Crippen LogP contribution in [-0.4, -0.2) is 0 Å². The first-order valence-electron chi connectivity index (χ1n) is 7.58. The minimum Gasteiger partial charge on any atom is -0.374 e. The van der Waals surface area contributed by atoms with Crippen LogP contribution in [0.25, 0.3) is 0 Å². The van der Waals surface area contributed by atoms with Crippen LogP contribution < -0.4 is 5.32 Å². The fourth-order valence-electron chi connectivity index (χ4n) is 2.66. The summed E-state index contributed by atoms with van der Waals surface area (Å²) in [6, 6.07) is 24.1. The number of nitrogens with one attached hydrogen (secondary N) is 1. The van der Waals surface area contributed by atoms with Gasteiger partial charge < -0.3 is 5.32 Å². The molecule has 4 heteroatoms. The number of para-hydroxylation sites is 1. The van der Waals surface area contributed by atoms with Crippen molar-refractivity contribution in [2.45, 2.75) is 12.2 Å². The first kappa shape index (κ1) is 16.1. The smallest absolute Gasteiger partial charge is 0.374 e. The Labute approximate surface area is 138 Å². The topological polar surface area (TPSA) is 12.0 Å². The summed E-state index contributed by atoms with van der Waals surface area (Å²) in [4.78, 5) is 0. The second-order valence-electron chi connectivity index (χ2n) is 5.44. The molecule has 1 N–H and O–H groups in total. The number of rotatable bonds is 4. The molecule has 0 amide bonds. The maximum Gasteiger partial charge on any atom is 0.418 e. The molecule has 0 unspecified atom stereocenters. The molecule has 0 atom stereocenters. The van der Waals surface area contributed by atoms with Crippen LogP contribution >= 0.6 is 0 Å². The van der Waals surface area contributed by atoms with Gasteiger partial charge in [-0.3, -0.25) is 0 Å². The Bertz CT molecular complexity index is 743. The lowest BCUT2D eigenvalue weighted by Gasteiger charge is -2.23. The maximum atomic E-state index is 13.3. The summed E-state index contributed by atoms with van der Waals surface area (Å²) in [7, 11) is 0. The second-order valence-corrected chi connectivity index (χ2v) is 5.44. The van der Waals surface area contributed by atoms with Crippen LogP contribution in [0.2, 0.25) is 0 Å². The number of benzene rings is 3. The van der Waals surface area contributed by atoms with Crippen molar-refractivity contribution in [1.29, 1.82) is 0 Å². The largest absolute Gasteiger partial charge is 0.418 e. The van der Waals surface area contributed by atoms with Crippen molar-refractivity contribution in [3.63, 3.8) is 0 Å². The molecule has 0 fully saturated rings. The fraction of sp³-hybridized carbons (Fsp3) is 0.100. The zero-order chi connectivity index (χ0) is 17.0. The minimum absolute atomic E-state index is 0.0720. The van der Waals surface area contributed by atoms with Gasteiger partial charge in [-0.15, -0.1) is 0 Å². The first-order valence-corrected chi connectivity index (χ1v) is 7.58. The quantitative estimate of drug-likeness (QED) is 0.628. The summed E-state index contributed by atoms with van der Waals surface area (Å²) in [6.45, 7) is 0. The molecule has 122 valence electrons. The highest BCUT2D eigenvalue weighted by Gasteiger charge is 2.33. The number of anilines is 1. The van der Waals surface area contributed by atoms with E-state index in [0.717, 1.165) is 17.2 Å². The predicted molar refractivity (Wildman–Crippen MR) is 89.8 cm³/mol. The SMILES string of the molecule is FC(F)(F)c1ccccc1NC(c1ccccc1)c1ccccc1. The van der Waals surface area contributed by atoms with Gasteiger partial charge in [0.1, 0.15) is 0 Å². The summed E-state index contributed by atoms with van der Waals surface area (Å²) in [6.07, 6.45) is -4.40. The van der Waals surface area contributed by atoms with Crippen molar-refractivity contribution in [1.82, 2.24) is 0 Å². The molecule has 0 saturated heterocycles. The molecule has 3 aromatic carbocycles. The Kier molecular flexibility index (Phi) is 4.56. The van der Waals surface area contributed by atoms with Crippen molar-refractivity contribution < 1.29 is 13.2 Å². The van der Waals surface area contributed by atoms with Gasteiger partial charge in [0.15, 0.2) is 0 Å². The van der Waals surface area contributed by atoms with Crippen LogP contribution in [0.4, 0.5) is 18.9 Å². The number of alkyl halides is 3. The van der Waals surface area contributed by atoms with Crippen LogP contribution in [0.3, 0.4) is 0 Å². The van der Waals surface area contributed by atoms with Crippen LogP contribution in [0.15, 0.2) is 84.9 Å². The van der Waals surface area contributed by atoms with Crippen LogP contribution in [0.1, 0.15) is 22.7 Å². The van der Waals surface area contributed by atoms with Crippen molar-refractivity contribution in [2.24, 2.45) is 0 Å². The lowest BCUT2D eigenvalue weighted by molar-refractivity contribution is -0.137. The molecule has 0 bridgehead atoms. The highest BCUT2D eigenvalue weighted by atomic mass is 19.4. The molecule has 24 heavy (non-hydrogen) atoms. The van der Waals surface area contributed by atoms with Crippen LogP contribution in [-0.2, 0) is 6.18 Å². The lowest BCUT2D eigenvalue weighted by Crippen LogP contribution is -2.16. The zero-order valence-corrected chi connectivity index (χ0v) is 12.8. The van der Waals surface area contributed by atoms with Gasteiger partial charge in [-0.25, -0.2) is 0 Å². The Morgan fingerprint density at radius 3 is 1.58 bits per heavy atom. The van der Waals surface area contributed by atoms with Gasteiger partial charge in [0.25, 0.3) is 0 Å². The molecule has 3 rings (SSSR count). The second kappa shape index (κ2) is 6.79. The molecule has 0 radical (unpaired) electrons. The van der Waals surface area contributed by atoms with Crippen LogP contribution in [0.5, 0.6) is 0 Å². The molecule has 0 aromatic heterocycles. The summed E-state index contributed by atoms with van der Waals surface area (Å²) in [5, 5.41) is 3.07. The van der Waals surface area contributed by atoms with Gasteiger partial charge in [-0.2, -0.15) is 13.2 Å². The summed E-state index contributed by atoms with van der Waals surface area (Å²) in [5.74, 6) is 0. The first-order chi connectivity index (χ1) is 11.6. The molecule has 0 aliphatic carbocycles. The lowest BCUT2D eigenvalue weighted by atomic mass is 9.98. The molecule has 0 spiro atoms. The number of halogens is 3. The van der Waals surface area contributed by atoms with E-state index in [0.29, 0.717) is 0 Å². The van der Waals surface area contributed by atoms with Gasteiger partial charge >= 0.3 is 6.18 Å². The standard InChI is InChI=1S/C20H16F3N/c21-20(22,23)17-13-7-8-14-18(17)24-19(15-9-3-1-4-10-15)16-11-5-2-6-12-16/h1-14,19,24H. The predicted octanol–water partition coefficient (Wildman–Crippen LogP) is 5.91. The summed E-state index contributed by atoms with van der Waals surface area (Å²) in [5.41, 5.74) is 1.21. The summed E-state index contributed by atoms with van der Waals surface area (Å²) < 4.78 is 39.8. The average Bonchev–Trinajstić information content (AvgIpc) is 2.61. The van der Waals surface area contributed by atoms with Crippen LogP contribution in [0, 0.1) is 0 Å². The molecule has 3 aromatic rings. The third-order valence-corrected chi connectivity index (χ3v) is 3.80. The molecule has 0 aliphatic heterocycles. The highest BCUT2D eigenvalue weighted by molar-refractivity contribution is 5.56. The summed E-state index contributed by atoms with van der Waals surface area (Å²) >= 11 is 0. The fourth-order valence-corrected chi connectivity index (χ4v) is 2.66. The van der Waals surface area contributed by atoms with Crippen molar-refractivity contribution >= 4 is 5.69 Å². The highest BCUT2D eigenvalue weighted by Crippen LogP contribution is 2.37. The van der Waals surface area contributed by atoms with E-state index >= 15 is 0 Å². The molecule has 0 heterocycles. The normalized spacial score (nSPS) is 11.5. The zero-order valence-electron chi connectivity index (χ0n) is 12.8. The molecule has 0 aliphatic rings. The van der Waals surface area contributed by atoms with Gasteiger partial charge in [0, 0.05) is 5.69 Å². The minimum atomic E-state index is -4.40. The molecule has 0 saturated carbocycles. The van der Waals surface area contributed by atoms with E-state index in [1.807, 2.05) is 60.7 Å². The van der Waals surface area contributed by atoms with Crippen molar-refractivity contribution in [2.75, 3.05) is 5.32 Å². The Hall–Kier alpha value is -2.75. The Balaban J connectivity index is 2.03. The van der Waals surface area contributed by atoms with E-state index in [4.69, 9.17) is 0 Å². The number of hydrogen-bond donors (Lipinski definition) is 1. The van der Waals surface area contributed by atoms with E-state index in [1.54, 1.807) is 6.07 Å². The van der Waals surface area contributed by atoms with Gasteiger partial charge in [-0.1, -0.05) is 72.8 Å². The van der Waals surface area contributed by atoms with E-state index in [-0.39, 0.29) is 11.7 Å².